The van der Waals surface area contributed by atoms with Crippen LogP contribution in [0, 0.1) is 12.7 Å². The summed E-state index contributed by atoms with van der Waals surface area (Å²) in [6.07, 6.45) is 1.68. The Morgan fingerprint density at radius 2 is 2.12 bits per heavy atom. The highest BCUT2D eigenvalue weighted by molar-refractivity contribution is 5.69. The van der Waals surface area contributed by atoms with Crippen molar-refractivity contribution < 1.29 is 4.39 Å². The van der Waals surface area contributed by atoms with Gasteiger partial charge in [0.1, 0.15) is 5.82 Å². The number of rotatable bonds is 2. The first kappa shape index (κ1) is 10.7. The molecule has 0 bridgehead atoms. The van der Waals surface area contributed by atoms with E-state index in [-0.39, 0.29) is 5.82 Å². The molecule has 0 amide bonds. The second kappa shape index (κ2) is 3.96. The molecule has 1 aromatic carbocycles. The zero-order chi connectivity index (χ0) is 11.7. The molecule has 0 aliphatic rings. The Hall–Kier alpha value is -1.84. The maximum absolute atomic E-state index is 13.7. The van der Waals surface area contributed by atoms with Crippen LogP contribution in [0.4, 0.5) is 10.1 Å². The average Bonchev–Trinajstić information content (AvgIpc) is 2.63. The number of nitrogens with zero attached hydrogens (tertiary/aromatic N) is 2. The fourth-order valence-electron chi connectivity index (χ4n) is 1.78. The molecule has 2 rings (SSSR count). The SMILES string of the molecule is CCn1ncc(-c2cc(N)ccc2F)c1C. The second-order valence-electron chi connectivity index (χ2n) is 3.70. The number of halogens is 1. The molecule has 1 aromatic heterocycles. The van der Waals surface area contributed by atoms with Gasteiger partial charge in [0.05, 0.1) is 6.20 Å². The Morgan fingerprint density at radius 3 is 2.75 bits per heavy atom. The van der Waals surface area contributed by atoms with Crippen molar-refractivity contribution in [1.29, 1.82) is 0 Å². The van der Waals surface area contributed by atoms with Crippen LogP contribution in [0.1, 0.15) is 12.6 Å². The number of hydrogen-bond acceptors (Lipinski definition) is 2. The minimum atomic E-state index is -0.270. The van der Waals surface area contributed by atoms with Crippen LogP contribution < -0.4 is 5.73 Å². The molecule has 0 aliphatic carbocycles. The molecule has 2 N–H and O–H groups in total. The van der Waals surface area contributed by atoms with Gasteiger partial charge in [0.25, 0.3) is 0 Å². The Bertz CT molecular complexity index is 517. The van der Waals surface area contributed by atoms with E-state index in [9.17, 15) is 4.39 Å². The molecule has 0 atom stereocenters. The third-order valence-electron chi connectivity index (χ3n) is 2.68. The Kier molecular flexibility index (Phi) is 2.64. The van der Waals surface area contributed by atoms with Gasteiger partial charge in [-0.25, -0.2) is 4.39 Å². The third-order valence-corrected chi connectivity index (χ3v) is 2.68. The van der Waals surface area contributed by atoms with Gasteiger partial charge in [-0.15, -0.1) is 0 Å². The first-order valence-electron chi connectivity index (χ1n) is 5.21. The van der Waals surface area contributed by atoms with E-state index in [1.165, 1.54) is 6.07 Å². The summed E-state index contributed by atoms with van der Waals surface area (Å²) in [5.74, 6) is -0.270. The van der Waals surface area contributed by atoms with E-state index >= 15 is 0 Å². The lowest BCUT2D eigenvalue weighted by Crippen LogP contribution is -1.98. The third kappa shape index (κ3) is 1.66. The van der Waals surface area contributed by atoms with E-state index in [4.69, 9.17) is 5.73 Å². The fourth-order valence-corrected chi connectivity index (χ4v) is 1.78. The van der Waals surface area contributed by atoms with Crippen LogP contribution in [-0.4, -0.2) is 9.78 Å². The van der Waals surface area contributed by atoms with Gasteiger partial charge in [0, 0.05) is 29.1 Å². The van der Waals surface area contributed by atoms with Gasteiger partial charge in [-0.2, -0.15) is 5.10 Å². The molecule has 0 fully saturated rings. The van der Waals surface area contributed by atoms with Crippen LogP contribution in [0.15, 0.2) is 24.4 Å². The number of anilines is 1. The maximum atomic E-state index is 13.7. The lowest BCUT2D eigenvalue weighted by atomic mass is 10.1. The molecule has 0 aliphatic heterocycles. The van der Waals surface area contributed by atoms with Crippen LogP contribution in [0.5, 0.6) is 0 Å². The minimum absolute atomic E-state index is 0.270. The minimum Gasteiger partial charge on any atom is -0.399 e. The number of aryl methyl sites for hydroxylation is 1. The first-order chi connectivity index (χ1) is 7.63. The number of nitrogen functional groups attached to an aromatic ring is 1. The topological polar surface area (TPSA) is 43.8 Å². The van der Waals surface area contributed by atoms with Crippen LogP contribution >= 0.6 is 0 Å². The van der Waals surface area contributed by atoms with Crippen LogP contribution in [0.2, 0.25) is 0 Å². The monoisotopic (exact) mass is 219 g/mol. The molecule has 84 valence electrons. The molecule has 4 heteroatoms. The van der Waals surface area contributed by atoms with Crippen molar-refractivity contribution in [2.24, 2.45) is 0 Å². The van der Waals surface area contributed by atoms with Crippen molar-refractivity contribution in [3.8, 4) is 11.1 Å². The van der Waals surface area contributed by atoms with Crippen molar-refractivity contribution in [3.05, 3.63) is 35.9 Å². The van der Waals surface area contributed by atoms with Gasteiger partial charge in [-0.1, -0.05) is 0 Å². The van der Waals surface area contributed by atoms with Gasteiger partial charge in [-0.3, -0.25) is 4.68 Å². The zero-order valence-electron chi connectivity index (χ0n) is 9.37. The van der Waals surface area contributed by atoms with Gasteiger partial charge >= 0.3 is 0 Å². The summed E-state index contributed by atoms with van der Waals surface area (Å²) in [4.78, 5) is 0. The maximum Gasteiger partial charge on any atom is 0.131 e. The smallest absolute Gasteiger partial charge is 0.131 e. The largest absolute Gasteiger partial charge is 0.399 e. The Morgan fingerprint density at radius 1 is 1.38 bits per heavy atom. The summed E-state index contributed by atoms with van der Waals surface area (Å²) in [6, 6.07) is 4.57. The number of benzene rings is 1. The summed E-state index contributed by atoms with van der Waals surface area (Å²) in [5.41, 5.74) is 8.48. The van der Waals surface area contributed by atoms with Crippen molar-refractivity contribution in [2.75, 3.05) is 5.73 Å². The molecular formula is C12H14FN3. The lowest BCUT2D eigenvalue weighted by molar-refractivity contribution is 0.629. The summed E-state index contributed by atoms with van der Waals surface area (Å²) in [6.45, 7) is 4.70. The van der Waals surface area contributed by atoms with Crippen LogP contribution in [0.3, 0.4) is 0 Å². The molecule has 0 unspecified atom stereocenters. The fraction of sp³-hybridized carbons (Fsp3) is 0.250. The predicted octanol–water partition coefficient (Wildman–Crippen LogP) is 2.60. The lowest BCUT2D eigenvalue weighted by Gasteiger charge is -2.05. The summed E-state index contributed by atoms with van der Waals surface area (Å²) >= 11 is 0. The number of hydrogen-bond donors (Lipinski definition) is 1. The standard InChI is InChI=1S/C12H14FN3/c1-3-16-8(2)11(7-15-16)10-6-9(14)4-5-12(10)13/h4-7H,3,14H2,1-2H3. The highest BCUT2D eigenvalue weighted by Gasteiger charge is 2.11. The molecule has 3 nitrogen and oxygen atoms in total. The van der Waals surface area contributed by atoms with Crippen LogP contribution in [0.25, 0.3) is 11.1 Å². The van der Waals surface area contributed by atoms with E-state index < -0.39 is 0 Å². The highest BCUT2D eigenvalue weighted by atomic mass is 19.1. The number of nitrogens with two attached hydrogens (primary N) is 1. The normalized spacial score (nSPS) is 10.7. The second-order valence-corrected chi connectivity index (χ2v) is 3.70. The molecule has 16 heavy (non-hydrogen) atoms. The van der Waals surface area contributed by atoms with Gasteiger partial charge in [0.15, 0.2) is 0 Å². The highest BCUT2D eigenvalue weighted by Crippen LogP contribution is 2.27. The van der Waals surface area contributed by atoms with Gasteiger partial charge in [-0.05, 0) is 32.0 Å². The van der Waals surface area contributed by atoms with Crippen molar-refractivity contribution in [2.45, 2.75) is 20.4 Å². The van der Waals surface area contributed by atoms with E-state index in [1.807, 2.05) is 18.5 Å². The van der Waals surface area contributed by atoms with Gasteiger partial charge < -0.3 is 5.73 Å². The summed E-state index contributed by atoms with van der Waals surface area (Å²) in [5, 5.41) is 4.19. The number of aromatic nitrogens is 2. The van der Waals surface area contributed by atoms with E-state index in [0.717, 1.165) is 17.8 Å². The Balaban J connectivity index is 2.58. The Labute approximate surface area is 93.7 Å². The summed E-state index contributed by atoms with van der Waals surface area (Å²) < 4.78 is 15.5. The molecule has 0 radical (unpaired) electrons. The van der Waals surface area contributed by atoms with Crippen molar-refractivity contribution >= 4 is 5.69 Å². The van der Waals surface area contributed by atoms with Gasteiger partial charge in [0.2, 0.25) is 0 Å². The van der Waals surface area contributed by atoms with Crippen LogP contribution in [-0.2, 0) is 6.54 Å². The summed E-state index contributed by atoms with van der Waals surface area (Å²) in [7, 11) is 0. The van der Waals surface area contributed by atoms with Crippen molar-refractivity contribution in [1.82, 2.24) is 9.78 Å². The first-order valence-corrected chi connectivity index (χ1v) is 5.21. The van der Waals surface area contributed by atoms with E-state index in [1.54, 1.807) is 18.3 Å². The average molecular weight is 219 g/mol. The van der Waals surface area contributed by atoms with E-state index in [2.05, 4.69) is 5.10 Å². The molecule has 0 saturated heterocycles. The molecule has 2 aromatic rings. The molecular weight excluding hydrogens is 205 g/mol. The quantitative estimate of drug-likeness (QED) is 0.789. The molecule has 1 heterocycles. The van der Waals surface area contributed by atoms with Crippen molar-refractivity contribution in [3.63, 3.8) is 0 Å². The zero-order valence-corrected chi connectivity index (χ0v) is 9.37. The molecule has 0 saturated carbocycles. The predicted molar refractivity (Wildman–Crippen MR) is 62.4 cm³/mol. The van der Waals surface area contributed by atoms with E-state index in [0.29, 0.717) is 11.3 Å². The molecule has 0 spiro atoms.